The quantitative estimate of drug-likeness (QED) is 0.887. The maximum absolute atomic E-state index is 10.9. The van der Waals surface area contributed by atoms with E-state index in [2.05, 4.69) is 4.90 Å². The van der Waals surface area contributed by atoms with Gasteiger partial charge in [-0.25, -0.2) is 4.79 Å². The van der Waals surface area contributed by atoms with E-state index in [9.17, 15) is 4.79 Å². The second-order valence-electron chi connectivity index (χ2n) is 4.74. The van der Waals surface area contributed by atoms with Crippen LogP contribution in [0.25, 0.3) is 0 Å². The summed E-state index contributed by atoms with van der Waals surface area (Å²) in [7, 11) is 1.75. The molecule has 1 aromatic heterocycles. The van der Waals surface area contributed by atoms with Crippen LogP contribution in [-0.4, -0.2) is 42.3 Å². The fourth-order valence-corrected chi connectivity index (χ4v) is 2.36. The van der Waals surface area contributed by atoms with E-state index < -0.39 is 5.97 Å². The first kappa shape index (κ1) is 13.1. The summed E-state index contributed by atoms with van der Waals surface area (Å²) in [6.07, 6.45) is 2.39. The summed E-state index contributed by atoms with van der Waals surface area (Å²) in [6.45, 7) is 4.35. The van der Waals surface area contributed by atoms with E-state index in [1.54, 1.807) is 14.0 Å². The lowest BCUT2D eigenvalue weighted by atomic mass is 10.1. The normalized spacial score (nSPS) is 18.1. The molecule has 1 aromatic rings. The molecule has 0 bridgehead atoms. The zero-order valence-electron chi connectivity index (χ0n) is 10.8. The Kier molecular flexibility index (Phi) is 4.04. The number of hydrogen-bond donors (Lipinski definition) is 1. The van der Waals surface area contributed by atoms with Gasteiger partial charge < -0.3 is 14.3 Å². The van der Waals surface area contributed by atoms with Gasteiger partial charge in [-0.2, -0.15) is 0 Å². The van der Waals surface area contributed by atoms with Crippen LogP contribution in [0.2, 0.25) is 0 Å². The van der Waals surface area contributed by atoms with E-state index in [0.717, 1.165) is 31.7 Å². The van der Waals surface area contributed by atoms with E-state index in [4.69, 9.17) is 14.3 Å². The summed E-state index contributed by atoms with van der Waals surface area (Å²) < 4.78 is 10.7. The number of methoxy groups -OCH3 is 1. The Morgan fingerprint density at radius 2 is 2.22 bits per heavy atom. The number of carboxylic acid groups (broad SMARTS) is 1. The standard InChI is InChI=1S/C13H19NO4/c1-9-7-11(18-12(9)13(15)16)8-14-5-3-10(17-2)4-6-14/h7,10H,3-6,8H2,1-2H3,(H,15,16). The fourth-order valence-electron chi connectivity index (χ4n) is 2.36. The first-order valence-corrected chi connectivity index (χ1v) is 6.18. The van der Waals surface area contributed by atoms with Crippen LogP contribution in [0, 0.1) is 6.92 Å². The van der Waals surface area contributed by atoms with Gasteiger partial charge in [-0.05, 0) is 25.8 Å². The summed E-state index contributed by atoms with van der Waals surface area (Å²) in [6, 6.07) is 1.81. The highest BCUT2D eigenvalue weighted by Gasteiger charge is 2.21. The second kappa shape index (κ2) is 5.54. The van der Waals surface area contributed by atoms with E-state index in [1.807, 2.05) is 6.07 Å². The Bertz CT molecular complexity index is 419. The third-order valence-corrected chi connectivity index (χ3v) is 3.41. The van der Waals surface area contributed by atoms with E-state index >= 15 is 0 Å². The van der Waals surface area contributed by atoms with Crippen molar-refractivity contribution in [2.45, 2.75) is 32.4 Å². The minimum Gasteiger partial charge on any atom is -0.475 e. The lowest BCUT2D eigenvalue weighted by Gasteiger charge is -2.30. The van der Waals surface area contributed by atoms with Gasteiger partial charge in [0.15, 0.2) is 0 Å². The van der Waals surface area contributed by atoms with Crippen molar-refractivity contribution in [3.63, 3.8) is 0 Å². The molecule has 0 spiro atoms. The molecule has 1 saturated heterocycles. The molecule has 0 aliphatic carbocycles. The lowest BCUT2D eigenvalue weighted by molar-refractivity contribution is 0.0367. The van der Waals surface area contributed by atoms with Crippen LogP contribution in [0.1, 0.15) is 34.7 Å². The summed E-state index contributed by atoms with van der Waals surface area (Å²) in [5.41, 5.74) is 0.685. The molecule has 5 nitrogen and oxygen atoms in total. The van der Waals surface area contributed by atoms with Crippen molar-refractivity contribution in [3.05, 3.63) is 23.2 Å². The largest absolute Gasteiger partial charge is 0.475 e. The third kappa shape index (κ3) is 2.91. The summed E-state index contributed by atoms with van der Waals surface area (Å²) in [5, 5.41) is 8.93. The number of carboxylic acids is 1. The van der Waals surface area contributed by atoms with Crippen molar-refractivity contribution >= 4 is 5.97 Å². The molecule has 1 N–H and O–H groups in total. The molecule has 2 rings (SSSR count). The number of hydrogen-bond acceptors (Lipinski definition) is 4. The van der Waals surface area contributed by atoms with E-state index in [-0.39, 0.29) is 5.76 Å². The van der Waals surface area contributed by atoms with Gasteiger partial charge in [0.1, 0.15) is 5.76 Å². The van der Waals surface area contributed by atoms with Crippen LogP contribution >= 0.6 is 0 Å². The fraction of sp³-hybridized carbons (Fsp3) is 0.615. The molecule has 5 heteroatoms. The van der Waals surface area contributed by atoms with Gasteiger partial charge in [-0.1, -0.05) is 0 Å². The SMILES string of the molecule is COC1CCN(Cc2cc(C)c(C(=O)O)o2)CC1. The molecule has 1 aliphatic heterocycles. The minimum absolute atomic E-state index is 0.0526. The predicted molar refractivity (Wildman–Crippen MR) is 65.7 cm³/mol. The van der Waals surface area contributed by atoms with Crippen LogP contribution < -0.4 is 0 Å². The molecule has 1 aliphatic rings. The molecular weight excluding hydrogens is 234 g/mol. The van der Waals surface area contributed by atoms with Gasteiger partial charge in [-0.3, -0.25) is 4.90 Å². The molecular formula is C13H19NO4. The van der Waals surface area contributed by atoms with Crippen molar-refractivity contribution in [2.75, 3.05) is 20.2 Å². The second-order valence-corrected chi connectivity index (χ2v) is 4.74. The van der Waals surface area contributed by atoms with Crippen molar-refractivity contribution in [2.24, 2.45) is 0 Å². The topological polar surface area (TPSA) is 62.9 Å². The molecule has 100 valence electrons. The zero-order chi connectivity index (χ0) is 13.1. The van der Waals surface area contributed by atoms with Gasteiger partial charge in [0.05, 0.1) is 12.6 Å². The van der Waals surface area contributed by atoms with Crippen LogP contribution in [0.4, 0.5) is 0 Å². The van der Waals surface area contributed by atoms with Crippen molar-refractivity contribution in [3.8, 4) is 0 Å². The number of aryl methyl sites for hydroxylation is 1. The third-order valence-electron chi connectivity index (χ3n) is 3.41. The smallest absolute Gasteiger partial charge is 0.372 e. The molecule has 0 unspecified atom stereocenters. The highest BCUT2D eigenvalue weighted by molar-refractivity contribution is 5.86. The summed E-state index contributed by atoms with van der Waals surface area (Å²) in [4.78, 5) is 13.1. The highest BCUT2D eigenvalue weighted by atomic mass is 16.5. The maximum atomic E-state index is 10.9. The number of aromatic carboxylic acids is 1. The van der Waals surface area contributed by atoms with Gasteiger partial charge in [0, 0.05) is 25.8 Å². The van der Waals surface area contributed by atoms with E-state index in [0.29, 0.717) is 18.2 Å². The Morgan fingerprint density at radius 1 is 1.56 bits per heavy atom. The Hall–Kier alpha value is -1.33. The van der Waals surface area contributed by atoms with Gasteiger partial charge in [-0.15, -0.1) is 0 Å². The Balaban J connectivity index is 1.94. The monoisotopic (exact) mass is 253 g/mol. The molecule has 18 heavy (non-hydrogen) atoms. The highest BCUT2D eigenvalue weighted by Crippen LogP contribution is 2.19. The average molecular weight is 253 g/mol. The first-order valence-electron chi connectivity index (χ1n) is 6.18. The van der Waals surface area contributed by atoms with Crippen molar-refractivity contribution in [1.82, 2.24) is 4.90 Å². The summed E-state index contributed by atoms with van der Waals surface area (Å²) >= 11 is 0. The molecule has 0 amide bonds. The van der Waals surface area contributed by atoms with Gasteiger partial charge in [0.2, 0.25) is 5.76 Å². The van der Waals surface area contributed by atoms with Crippen LogP contribution in [0.3, 0.4) is 0 Å². The van der Waals surface area contributed by atoms with Gasteiger partial charge >= 0.3 is 5.97 Å². The molecule has 2 heterocycles. The lowest BCUT2D eigenvalue weighted by Crippen LogP contribution is -2.36. The van der Waals surface area contributed by atoms with E-state index in [1.165, 1.54) is 0 Å². The van der Waals surface area contributed by atoms with Crippen molar-refractivity contribution in [1.29, 1.82) is 0 Å². The van der Waals surface area contributed by atoms with Crippen LogP contribution in [0.15, 0.2) is 10.5 Å². The number of nitrogens with zero attached hydrogens (tertiary/aromatic N) is 1. The predicted octanol–water partition coefficient (Wildman–Crippen LogP) is 1.90. The minimum atomic E-state index is -1.00. The first-order chi connectivity index (χ1) is 8.60. The van der Waals surface area contributed by atoms with Crippen molar-refractivity contribution < 1.29 is 19.1 Å². The molecule has 0 aromatic carbocycles. The molecule has 1 fully saturated rings. The Morgan fingerprint density at radius 3 is 2.72 bits per heavy atom. The number of rotatable bonds is 4. The average Bonchev–Trinajstić information content (AvgIpc) is 2.71. The van der Waals surface area contributed by atoms with Crippen LogP contribution in [-0.2, 0) is 11.3 Å². The van der Waals surface area contributed by atoms with Gasteiger partial charge in [0.25, 0.3) is 0 Å². The molecule has 0 saturated carbocycles. The number of piperidine rings is 1. The molecule has 0 radical (unpaired) electrons. The van der Waals surface area contributed by atoms with Crippen LogP contribution in [0.5, 0.6) is 0 Å². The maximum Gasteiger partial charge on any atom is 0.372 e. The number of carbonyl (C=O) groups is 1. The number of likely N-dealkylation sites (tertiary alicyclic amines) is 1. The molecule has 0 atom stereocenters. The number of ether oxygens (including phenoxy) is 1. The number of furan rings is 1. The summed E-state index contributed by atoms with van der Waals surface area (Å²) in [5.74, 6) is -0.227. The Labute approximate surface area is 106 Å². The zero-order valence-corrected chi connectivity index (χ0v) is 10.8.